The molecule has 0 spiro atoms. The van der Waals surface area contributed by atoms with E-state index in [4.69, 9.17) is 0 Å². The van der Waals surface area contributed by atoms with Gasteiger partial charge in [-0.1, -0.05) is 0 Å². The Bertz CT molecular complexity index is 1050. The van der Waals surface area contributed by atoms with Crippen LogP contribution in [0.3, 0.4) is 0 Å². The number of hydrogen-bond donors (Lipinski definition) is 2. The van der Waals surface area contributed by atoms with Gasteiger partial charge in [0.05, 0.1) is 0 Å². The molecule has 1 amide bonds. The summed E-state index contributed by atoms with van der Waals surface area (Å²) in [6.45, 7) is 1.14. The normalized spacial score (nSPS) is 21.8. The summed E-state index contributed by atoms with van der Waals surface area (Å²) in [6, 6.07) is 4.61. The van der Waals surface area contributed by atoms with Crippen LogP contribution in [0, 0.1) is 17.8 Å². The summed E-state index contributed by atoms with van der Waals surface area (Å²) in [6.07, 6.45) is 2.85. The van der Waals surface area contributed by atoms with E-state index < -0.39 is 32.2 Å². The number of piperidine rings is 1. The molecule has 0 radical (unpaired) electrons. The van der Waals surface area contributed by atoms with Crippen LogP contribution in [0.2, 0.25) is 0 Å². The number of hydrogen-bond acceptors (Lipinski definition) is 3. The van der Waals surface area contributed by atoms with Crippen LogP contribution in [0.5, 0.6) is 0 Å². The van der Waals surface area contributed by atoms with Crippen molar-refractivity contribution < 1.29 is 22.4 Å². The first-order valence-corrected chi connectivity index (χ1v) is 12.2. The van der Waals surface area contributed by atoms with Gasteiger partial charge in [0, 0.05) is 0 Å². The fourth-order valence-electron chi connectivity index (χ4n) is 3.78. The van der Waals surface area contributed by atoms with E-state index in [1.165, 1.54) is 4.40 Å². The van der Waals surface area contributed by atoms with Crippen molar-refractivity contribution in [3.63, 3.8) is 0 Å². The first-order valence-electron chi connectivity index (χ1n) is 10.5. The third kappa shape index (κ3) is 5.58. The minimum absolute atomic E-state index is 0.0468. The molecular weight excluding hydrogens is 491 g/mol. The maximum atomic E-state index is 14.5. The van der Waals surface area contributed by atoms with Crippen LogP contribution in [0.25, 0.3) is 5.52 Å². The number of amides is 1. The predicted molar refractivity (Wildman–Crippen MR) is 116 cm³/mol. The fraction of sp³-hybridized carbons (Fsp3) is 0.500. The van der Waals surface area contributed by atoms with Gasteiger partial charge in [0.25, 0.3) is 0 Å². The fourth-order valence-corrected chi connectivity index (χ4v) is 5.24. The van der Waals surface area contributed by atoms with Crippen molar-refractivity contribution in [3.8, 4) is 11.8 Å². The quantitative estimate of drug-likeness (QED) is 0.365. The van der Waals surface area contributed by atoms with Gasteiger partial charge in [0.2, 0.25) is 0 Å². The molecule has 0 bridgehead atoms. The van der Waals surface area contributed by atoms with Crippen molar-refractivity contribution in [3.05, 3.63) is 30.0 Å². The molecule has 10 heteroatoms. The predicted octanol–water partition coefficient (Wildman–Crippen LogP) is 2.12. The second kappa shape index (κ2) is 9.34. The third-order valence-electron chi connectivity index (χ3n) is 5.58. The van der Waals surface area contributed by atoms with E-state index >= 15 is 0 Å². The molecule has 2 aromatic heterocycles. The van der Waals surface area contributed by atoms with E-state index in [0.29, 0.717) is 24.2 Å². The van der Waals surface area contributed by atoms with Crippen molar-refractivity contribution in [2.45, 2.75) is 36.6 Å². The van der Waals surface area contributed by atoms with E-state index in [1.807, 2.05) is 11.9 Å². The number of fused-ring (bicyclic) bond motifs is 1. The van der Waals surface area contributed by atoms with Crippen LogP contribution in [0.1, 0.15) is 24.8 Å². The van der Waals surface area contributed by atoms with E-state index in [2.05, 4.69) is 22.5 Å². The molecule has 2 aromatic rings. The molecular formula is C22H24F4N4OSe. The van der Waals surface area contributed by atoms with Crippen LogP contribution >= 0.6 is 0 Å². The second-order valence-corrected chi connectivity index (χ2v) is 10.4. The average molecular weight is 515 g/mol. The first kappa shape index (κ1) is 23.0. The van der Waals surface area contributed by atoms with Gasteiger partial charge in [-0.15, -0.1) is 0 Å². The van der Waals surface area contributed by atoms with Crippen molar-refractivity contribution in [1.29, 1.82) is 0 Å². The van der Waals surface area contributed by atoms with Gasteiger partial charge in [-0.25, -0.2) is 0 Å². The topological polar surface area (TPSA) is 48.8 Å². The number of likely N-dealkylation sites (tertiary alicyclic amines) is 1. The summed E-state index contributed by atoms with van der Waals surface area (Å²) in [5.41, 5.74) is 1.39. The third-order valence-corrected chi connectivity index (χ3v) is 7.35. The molecule has 1 aliphatic carbocycles. The van der Waals surface area contributed by atoms with Gasteiger partial charge in [-0.2, -0.15) is 0 Å². The van der Waals surface area contributed by atoms with Crippen molar-refractivity contribution in [2.75, 3.05) is 32.0 Å². The second-order valence-electron chi connectivity index (χ2n) is 8.20. The van der Waals surface area contributed by atoms with Crippen LogP contribution in [0.15, 0.2) is 24.4 Å². The Kier molecular flexibility index (Phi) is 6.70. The summed E-state index contributed by atoms with van der Waals surface area (Å²) in [5.74, 6) is 5.57. The molecule has 1 saturated carbocycles. The van der Waals surface area contributed by atoms with Gasteiger partial charge < -0.3 is 0 Å². The van der Waals surface area contributed by atoms with Crippen LogP contribution in [-0.2, 0) is 4.79 Å². The van der Waals surface area contributed by atoms with Gasteiger partial charge in [-0.3, -0.25) is 0 Å². The number of pyridine rings is 1. The summed E-state index contributed by atoms with van der Waals surface area (Å²) >= 11 is -1.81. The number of halogens is 4. The number of carbonyl (C=O) groups excluding carboxylic acids is 1. The monoisotopic (exact) mass is 516 g/mol. The van der Waals surface area contributed by atoms with E-state index in [9.17, 15) is 22.4 Å². The molecule has 3 heterocycles. The van der Waals surface area contributed by atoms with Gasteiger partial charge in [0.15, 0.2) is 0 Å². The molecule has 2 aliphatic rings. The number of nitrogens with one attached hydrogen (secondary N) is 2. The Morgan fingerprint density at radius 1 is 1.31 bits per heavy atom. The average Bonchev–Trinajstić information content (AvgIpc) is 3.51. The van der Waals surface area contributed by atoms with Crippen molar-refractivity contribution >= 4 is 36.7 Å². The zero-order chi connectivity index (χ0) is 22.9. The number of rotatable bonds is 5. The Labute approximate surface area is 190 Å². The van der Waals surface area contributed by atoms with E-state index in [-0.39, 0.29) is 28.5 Å². The zero-order valence-corrected chi connectivity index (χ0v) is 19.2. The number of aromatic nitrogens is 1. The van der Waals surface area contributed by atoms with Crippen LogP contribution in [0.4, 0.5) is 23.2 Å². The zero-order valence-electron chi connectivity index (χ0n) is 17.5. The SMILES string of the molecule is CN1CC[C@@H](Nc2cccn3c([Se]C(F)(F)F)c(C#CCNC(=O)C4CC4)cc23)[C@@H](F)C1. The standard InChI is InChI=1S/C22H24F4N4OSe/c1-29-11-8-17(16(23)13-29)28-18-5-3-10-30-19(18)12-15(21(30)32-22(24,25)26)4-2-9-27-20(31)14-6-7-14/h3,5,10,12,14,16-17,28H,6-9,11,13H2,1H3,(H,27,31)/t16-,17+/m0/s1. The summed E-state index contributed by atoms with van der Waals surface area (Å²) in [4.78, 5) is 13.6. The minimum atomic E-state index is -4.35. The molecule has 5 nitrogen and oxygen atoms in total. The first-order chi connectivity index (χ1) is 15.2. The summed E-state index contributed by atoms with van der Waals surface area (Å²) in [7, 11) is 1.86. The molecule has 2 atom stereocenters. The van der Waals surface area contributed by atoms with Crippen LogP contribution < -0.4 is 15.2 Å². The maximum absolute atomic E-state index is 14.5. The molecule has 0 unspecified atom stereocenters. The van der Waals surface area contributed by atoms with Crippen molar-refractivity contribution in [2.24, 2.45) is 5.92 Å². The molecule has 172 valence electrons. The molecule has 1 aliphatic heterocycles. The molecule has 1 saturated heterocycles. The van der Waals surface area contributed by atoms with Gasteiger partial charge >= 0.3 is 190 Å². The van der Waals surface area contributed by atoms with Gasteiger partial charge in [-0.05, 0) is 0 Å². The van der Waals surface area contributed by atoms with Crippen LogP contribution in [-0.4, -0.2) is 74.1 Å². The summed E-state index contributed by atoms with van der Waals surface area (Å²) < 4.78 is 56.0. The summed E-state index contributed by atoms with van der Waals surface area (Å²) in [5, 5.41) is 1.55. The Hall–Kier alpha value is -2.21. The molecule has 2 N–H and O–H groups in total. The number of nitrogens with zero attached hydrogens (tertiary/aromatic N) is 2. The van der Waals surface area contributed by atoms with Gasteiger partial charge in [0.1, 0.15) is 0 Å². The molecule has 2 fully saturated rings. The Morgan fingerprint density at radius 3 is 2.78 bits per heavy atom. The molecule has 4 rings (SSSR count). The van der Waals surface area contributed by atoms with E-state index in [0.717, 1.165) is 19.4 Å². The van der Waals surface area contributed by atoms with E-state index in [1.54, 1.807) is 24.4 Å². The molecule has 32 heavy (non-hydrogen) atoms. The Morgan fingerprint density at radius 2 is 2.09 bits per heavy atom. The van der Waals surface area contributed by atoms with Crippen molar-refractivity contribution in [1.82, 2.24) is 14.6 Å². The number of carbonyl (C=O) groups is 1. The number of anilines is 1. The number of alkyl halides is 4. The Balaban J connectivity index is 1.61. The molecule has 0 aromatic carbocycles.